The fraction of sp³-hybridized carbons (Fsp3) is 0.850. The van der Waals surface area contributed by atoms with Gasteiger partial charge in [0.05, 0.1) is 25.2 Å². The largest absolute Gasteiger partial charge is 0.379 e. The van der Waals surface area contributed by atoms with Crippen LogP contribution in [0.5, 0.6) is 0 Å². The quantitative estimate of drug-likeness (QED) is 0.767. The summed E-state index contributed by atoms with van der Waals surface area (Å²) in [6.07, 6.45) is 7.61. The van der Waals surface area contributed by atoms with Crippen molar-refractivity contribution in [2.24, 2.45) is 11.3 Å². The molecule has 0 bridgehead atoms. The molecule has 3 atom stereocenters. The monoisotopic (exact) mass is 390 g/mol. The van der Waals surface area contributed by atoms with Gasteiger partial charge in [0.2, 0.25) is 5.91 Å². The van der Waals surface area contributed by atoms with E-state index in [0.717, 1.165) is 71.6 Å². The Kier molecular flexibility index (Phi) is 6.28. The van der Waals surface area contributed by atoms with E-state index in [2.05, 4.69) is 32.1 Å². The van der Waals surface area contributed by atoms with E-state index >= 15 is 0 Å². The predicted molar refractivity (Wildman–Crippen MR) is 106 cm³/mol. The van der Waals surface area contributed by atoms with Gasteiger partial charge in [0.25, 0.3) is 0 Å². The Bertz CT molecular complexity index is 633. The molecule has 3 heterocycles. The Balaban J connectivity index is 1.42. The van der Waals surface area contributed by atoms with Crippen molar-refractivity contribution >= 4 is 5.91 Å². The Morgan fingerprint density at radius 1 is 1.29 bits per heavy atom. The molecule has 0 spiro atoms. The average Bonchev–Trinajstić information content (AvgIpc) is 3.27. The van der Waals surface area contributed by atoms with Crippen molar-refractivity contribution in [2.45, 2.75) is 45.2 Å². The van der Waals surface area contributed by atoms with Gasteiger partial charge in [-0.05, 0) is 44.7 Å². The van der Waals surface area contributed by atoms with E-state index in [1.54, 1.807) is 11.0 Å². The van der Waals surface area contributed by atoms with E-state index in [4.69, 9.17) is 4.74 Å². The van der Waals surface area contributed by atoms with Gasteiger partial charge < -0.3 is 15.0 Å². The predicted octanol–water partition coefficient (Wildman–Crippen LogP) is 0.607. The van der Waals surface area contributed by atoms with Gasteiger partial charge in [-0.15, -0.1) is 0 Å². The molecule has 8 nitrogen and oxygen atoms in total. The number of nitrogens with zero attached hydrogens (tertiary/aromatic N) is 5. The number of hydrogen-bond donors (Lipinski definition) is 1. The molecule has 1 saturated carbocycles. The van der Waals surface area contributed by atoms with Crippen molar-refractivity contribution in [3.63, 3.8) is 0 Å². The number of hydrogen-bond acceptors (Lipinski definition) is 6. The van der Waals surface area contributed by atoms with Crippen molar-refractivity contribution in [1.29, 1.82) is 0 Å². The van der Waals surface area contributed by atoms with E-state index in [1.165, 1.54) is 6.33 Å². The zero-order valence-electron chi connectivity index (χ0n) is 17.1. The zero-order chi connectivity index (χ0) is 19.4. The van der Waals surface area contributed by atoms with E-state index in [0.29, 0.717) is 25.0 Å². The summed E-state index contributed by atoms with van der Waals surface area (Å²) in [6.45, 7) is 10.3. The number of carbonyl (C=O) groups is 1. The van der Waals surface area contributed by atoms with Gasteiger partial charge in [0.1, 0.15) is 12.7 Å². The summed E-state index contributed by atoms with van der Waals surface area (Å²) in [5.74, 6) is 0.722. The molecule has 3 aliphatic rings. The van der Waals surface area contributed by atoms with Crippen LogP contribution in [-0.2, 0) is 16.1 Å². The van der Waals surface area contributed by atoms with Crippen LogP contribution < -0.4 is 5.32 Å². The average molecular weight is 391 g/mol. The van der Waals surface area contributed by atoms with Gasteiger partial charge in [-0.25, -0.2) is 4.98 Å². The molecule has 156 valence electrons. The third kappa shape index (κ3) is 4.09. The van der Waals surface area contributed by atoms with Crippen LogP contribution in [0, 0.1) is 11.3 Å². The second-order valence-corrected chi connectivity index (χ2v) is 8.50. The molecule has 28 heavy (non-hydrogen) atoms. The van der Waals surface area contributed by atoms with Gasteiger partial charge in [-0.1, -0.05) is 6.92 Å². The summed E-state index contributed by atoms with van der Waals surface area (Å²) in [5, 5.41) is 7.35. The smallest absolute Gasteiger partial charge is 0.227 e. The molecule has 0 aromatic carbocycles. The van der Waals surface area contributed by atoms with Crippen molar-refractivity contribution in [3.8, 4) is 0 Å². The van der Waals surface area contributed by atoms with E-state index in [9.17, 15) is 4.79 Å². The van der Waals surface area contributed by atoms with Crippen molar-refractivity contribution in [3.05, 3.63) is 12.7 Å². The number of fused-ring (bicyclic) bond motifs is 1. The Hall–Kier alpha value is -1.51. The van der Waals surface area contributed by atoms with Gasteiger partial charge in [-0.3, -0.25) is 14.4 Å². The van der Waals surface area contributed by atoms with Gasteiger partial charge in [-0.2, -0.15) is 5.10 Å². The third-order valence-corrected chi connectivity index (χ3v) is 7.12. The molecule has 1 aromatic rings. The van der Waals surface area contributed by atoms with E-state index < -0.39 is 0 Å². The molecule has 1 aliphatic carbocycles. The van der Waals surface area contributed by atoms with Crippen LogP contribution in [0.25, 0.3) is 0 Å². The Morgan fingerprint density at radius 3 is 2.89 bits per heavy atom. The fourth-order valence-electron chi connectivity index (χ4n) is 5.44. The molecule has 8 heteroatoms. The third-order valence-electron chi connectivity index (χ3n) is 7.12. The normalized spacial score (nSPS) is 32.0. The van der Waals surface area contributed by atoms with Crippen LogP contribution in [0.15, 0.2) is 12.7 Å². The highest BCUT2D eigenvalue weighted by atomic mass is 16.5. The molecule has 1 amide bonds. The first-order chi connectivity index (χ1) is 13.7. The number of likely N-dealkylation sites (tertiary alicyclic amines) is 1. The van der Waals surface area contributed by atoms with Gasteiger partial charge >= 0.3 is 0 Å². The first-order valence-corrected chi connectivity index (χ1v) is 10.9. The van der Waals surface area contributed by atoms with Crippen molar-refractivity contribution < 1.29 is 9.53 Å². The highest BCUT2D eigenvalue weighted by molar-refractivity contribution is 5.83. The number of piperidine rings is 1. The van der Waals surface area contributed by atoms with E-state index in [-0.39, 0.29) is 11.3 Å². The van der Waals surface area contributed by atoms with Crippen LogP contribution in [-0.4, -0.2) is 89.0 Å². The molecule has 3 fully saturated rings. The Labute approximate surface area is 167 Å². The number of carbonyl (C=O) groups excluding carboxylic acids is 1. The van der Waals surface area contributed by atoms with E-state index in [1.807, 2.05) is 0 Å². The summed E-state index contributed by atoms with van der Waals surface area (Å²) in [7, 11) is 0. The standard InChI is InChI=1S/C20H34N6O2/c1-2-24-7-4-17-13-18(25-9-11-28-12-10-25)3-5-20(17,14-24)19(27)22-6-8-26-16-21-15-23-26/h15-18H,2-14H2,1H3,(H,22,27)/t17-,18+,20-/m1/s1. The van der Waals surface area contributed by atoms with Crippen LogP contribution in [0.3, 0.4) is 0 Å². The van der Waals surface area contributed by atoms with Crippen molar-refractivity contribution in [1.82, 2.24) is 29.9 Å². The minimum Gasteiger partial charge on any atom is -0.379 e. The molecule has 2 saturated heterocycles. The summed E-state index contributed by atoms with van der Waals surface area (Å²) in [5.41, 5.74) is -0.237. The fourth-order valence-corrected chi connectivity index (χ4v) is 5.44. The SMILES string of the molecule is CCN1CC[C@@H]2C[C@@H](N3CCOCC3)CC[C@@]2(C(=O)NCCn2cncn2)C1. The maximum absolute atomic E-state index is 13.4. The summed E-state index contributed by atoms with van der Waals surface area (Å²) in [6, 6.07) is 0.609. The lowest BCUT2D eigenvalue weighted by molar-refractivity contribution is -0.145. The summed E-state index contributed by atoms with van der Waals surface area (Å²) < 4.78 is 7.30. The first kappa shape index (κ1) is 19.8. The second kappa shape index (κ2) is 8.88. The highest BCUT2D eigenvalue weighted by Gasteiger charge is 2.52. The molecule has 4 rings (SSSR count). The number of nitrogens with one attached hydrogen (secondary N) is 1. The molecule has 0 radical (unpaired) electrons. The molecule has 0 unspecified atom stereocenters. The lowest BCUT2D eigenvalue weighted by atomic mass is 9.61. The highest BCUT2D eigenvalue weighted by Crippen LogP contribution is 2.47. The zero-order valence-corrected chi connectivity index (χ0v) is 17.1. The van der Waals surface area contributed by atoms with Crippen LogP contribution in [0.2, 0.25) is 0 Å². The van der Waals surface area contributed by atoms with Crippen LogP contribution in [0.4, 0.5) is 0 Å². The topological polar surface area (TPSA) is 75.5 Å². The lowest BCUT2D eigenvalue weighted by Gasteiger charge is -2.53. The number of rotatable bonds is 6. The number of amides is 1. The maximum Gasteiger partial charge on any atom is 0.227 e. The minimum atomic E-state index is -0.237. The molecule has 1 aromatic heterocycles. The lowest BCUT2D eigenvalue weighted by Crippen LogP contribution is -2.61. The summed E-state index contributed by atoms with van der Waals surface area (Å²) >= 11 is 0. The van der Waals surface area contributed by atoms with Gasteiger partial charge in [0, 0.05) is 32.2 Å². The first-order valence-electron chi connectivity index (χ1n) is 10.9. The number of ether oxygens (including phenoxy) is 1. The molecular weight excluding hydrogens is 356 g/mol. The summed E-state index contributed by atoms with van der Waals surface area (Å²) in [4.78, 5) is 22.4. The minimum absolute atomic E-state index is 0.237. The molecular formula is C20H34N6O2. The number of morpholine rings is 1. The Morgan fingerprint density at radius 2 is 2.14 bits per heavy atom. The van der Waals surface area contributed by atoms with Crippen molar-refractivity contribution in [2.75, 3.05) is 52.5 Å². The van der Waals surface area contributed by atoms with Gasteiger partial charge in [0.15, 0.2) is 0 Å². The number of aromatic nitrogens is 3. The van der Waals surface area contributed by atoms with Crippen LogP contribution in [0.1, 0.15) is 32.6 Å². The van der Waals surface area contributed by atoms with Crippen LogP contribution >= 0.6 is 0 Å². The molecule has 2 aliphatic heterocycles. The maximum atomic E-state index is 13.4. The molecule has 1 N–H and O–H groups in total. The second-order valence-electron chi connectivity index (χ2n) is 8.50.